The van der Waals surface area contributed by atoms with Gasteiger partial charge in [0.05, 0.1) is 27.7 Å². The van der Waals surface area contributed by atoms with Gasteiger partial charge in [0, 0.05) is 12.8 Å². The minimum absolute atomic E-state index is 0.00335. The van der Waals surface area contributed by atoms with Gasteiger partial charge in [-0.05, 0) is 77.0 Å². The number of hydrogen-bond donors (Lipinski definition) is 1. The Morgan fingerprint density at radius 3 is 1.34 bits per heavy atom. The molecule has 0 rings (SSSR count). The maximum Gasteiger partial charge on any atom is 0.472 e. The molecular formula is C48H81NO8P+. The predicted molar refractivity (Wildman–Crippen MR) is 242 cm³/mol. The van der Waals surface area contributed by atoms with Crippen molar-refractivity contribution in [3.8, 4) is 0 Å². The Labute approximate surface area is 353 Å². The standard InChI is InChI=1S/C48H80NO8P/c1-6-8-10-12-14-16-18-20-22-24-26-28-30-32-34-36-38-40-47(50)54-44-46(45-56-58(52,53)55-43-42-49(3,4)5)57-48(51)41-39-37-35-33-31-29-27-25-23-21-19-17-15-13-11-9-7-2/h16-19,22-25,28-31,34-37,46H,6-15,20-21,26-27,32-33,38-45H2,1-5H3/p+1/b18-16-,19-17-,24-22-,25-23-,30-28-,31-29-,36-34-,37-35-. The van der Waals surface area contributed by atoms with Crippen molar-refractivity contribution in [1.82, 2.24) is 0 Å². The highest BCUT2D eigenvalue weighted by atomic mass is 31.2. The van der Waals surface area contributed by atoms with Crippen LogP contribution in [-0.4, -0.2) is 74.9 Å². The number of phosphoric ester groups is 1. The summed E-state index contributed by atoms with van der Waals surface area (Å²) in [5.41, 5.74) is 0. The minimum atomic E-state index is -4.41. The molecule has 0 radical (unpaired) electrons. The first kappa shape index (κ1) is 54.9. The predicted octanol–water partition coefficient (Wildman–Crippen LogP) is 12.6. The average Bonchev–Trinajstić information content (AvgIpc) is 3.17. The van der Waals surface area contributed by atoms with E-state index in [0.29, 0.717) is 23.9 Å². The summed E-state index contributed by atoms with van der Waals surface area (Å²) in [6, 6.07) is 0. The van der Waals surface area contributed by atoms with E-state index in [-0.39, 0.29) is 26.1 Å². The van der Waals surface area contributed by atoms with E-state index in [9.17, 15) is 19.0 Å². The number of nitrogens with zero attached hydrogens (tertiary/aromatic N) is 1. The first-order chi connectivity index (χ1) is 28.0. The number of ether oxygens (including phenoxy) is 2. The molecule has 58 heavy (non-hydrogen) atoms. The molecular weight excluding hydrogens is 750 g/mol. The molecule has 0 aliphatic heterocycles. The van der Waals surface area contributed by atoms with Crippen LogP contribution in [-0.2, 0) is 32.7 Å². The third-order valence-electron chi connectivity index (χ3n) is 8.61. The van der Waals surface area contributed by atoms with Gasteiger partial charge in [-0.1, -0.05) is 150 Å². The molecule has 0 spiro atoms. The van der Waals surface area contributed by atoms with Gasteiger partial charge in [-0.15, -0.1) is 0 Å². The van der Waals surface area contributed by atoms with Crippen LogP contribution in [0.3, 0.4) is 0 Å². The Bertz CT molecular complexity index is 1300. The van der Waals surface area contributed by atoms with Crippen LogP contribution in [0.1, 0.15) is 142 Å². The topological polar surface area (TPSA) is 108 Å². The molecule has 0 aliphatic rings. The lowest BCUT2D eigenvalue weighted by molar-refractivity contribution is -0.870. The molecule has 0 amide bonds. The summed E-state index contributed by atoms with van der Waals surface area (Å²) in [6.07, 6.45) is 52.0. The Balaban J connectivity index is 4.62. The summed E-state index contributed by atoms with van der Waals surface area (Å²) in [5.74, 6) is -0.996. The lowest BCUT2D eigenvalue weighted by atomic mass is 10.1. The fourth-order valence-electron chi connectivity index (χ4n) is 5.14. The van der Waals surface area contributed by atoms with E-state index < -0.39 is 32.5 Å². The second-order valence-corrected chi connectivity index (χ2v) is 16.8. The van der Waals surface area contributed by atoms with Gasteiger partial charge in [0.1, 0.15) is 19.8 Å². The quantitative estimate of drug-likeness (QED) is 0.0215. The third kappa shape index (κ3) is 42.5. The van der Waals surface area contributed by atoms with Crippen molar-refractivity contribution in [2.24, 2.45) is 0 Å². The largest absolute Gasteiger partial charge is 0.472 e. The number of unbranched alkanes of at least 4 members (excludes halogenated alkanes) is 8. The molecule has 0 aromatic heterocycles. The molecule has 2 unspecified atom stereocenters. The molecule has 0 aromatic rings. The lowest BCUT2D eigenvalue weighted by Crippen LogP contribution is -2.37. The normalized spacial score (nSPS) is 14.5. The number of likely N-dealkylation sites (N-methyl/N-ethyl adjacent to an activating group) is 1. The van der Waals surface area contributed by atoms with E-state index in [1.807, 2.05) is 45.4 Å². The van der Waals surface area contributed by atoms with Crippen LogP contribution in [0, 0.1) is 0 Å². The van der Waals surface area contributed by atoms with Gasteiger partial charge in [-0.3, -0.25) is 18.6 Å². The molecule has 0 fully saturated rings. The van der Waals surface area contributed by atoms with E-state index in [0.717, 1.165) is 44.9 Å². The van der Waals surface area contributed by atoms with Crippen LogP contribution < -0.4 is 0 Å². The van der Waals surface area contributed by atoms with E-state index in [2.05, 4.69) is 86.8 Å². The first-order valence-electron chi connectivity index (χ1n) is 22.0. The van der Waals surface area contributed by atoms with Crippen LogP contribution in [0.2, 0.25) is 0 Å². The molecule has 0 aliphatic carbocycles. The molecule has 0 bridgehead atoms. The Morgan fingerprint density at radius 1 is 0.534 bits per heavy atom. The number of allylic oxidation sites excluding steroid dienone is 16. The summed E-state index contributed by atoms with van der Waals surface area (Å²) >= 11 is 0. The number of quaternary nitrogens is 1. The maximum atomic E-state index is 12.6. The van der Waals surface area contributed by atoms with Crippen LogP contribution in [0.15, 0.2) is 97.2 Å². The molecule has 0 saturated heterocycles. The van der Waals surface area contributed by atoms with Crippen molar-refractivity contribution in [2.45, 2.75) is 148 Å². The maximum absolute atomic E-state index is 12.6. The van der Waals surface area contributed by atoms with Crippen LogP contribution in [0.4, 0.5) is 0 Å². The molecule has 2 atom stereocenters. The molecule has 0 heterocycles. The molecule has 9 nitrogen and oxygen atoms in total. The zero-order chi connectivity index (χ0) is 42.8. The Kier molecular flexibility index (Phi) is 37.3. The molecule has 1 N–H and O–H groups in total. The summed E-state index contributed by atoms with van der Waals surface area (Å²) < 4.78 is 34.1. The van der Waals surface area contributed by atoms with Crippen molar-refractivity contribution < 1.29 is 42.1 Å². The number of carbonyl (C=O) groups excluding carboxylic acids is 2. The highest BCUT2D eigenvalue weighted by Gasteiger charge is 2.27. The first-order valence-corrected chi connectivity index (χ1v) is 23.5. The highest BCUT2D eigenvalue weighted by Crippen LogP contribution is 2.43. The molecule has 0 aromatic carbocycles. The van der Waals surface area contributed by atoms with E-state index in [4.69, 9.17) is 18.5 Å². The number of hydrogen-bond acceptors (Lipinski definition) is 7. The lowest BCUT2D eigenvalue weighted by Gasteiger charge is -2.24. The number of rotatable bonds is 38. The van der Waals surface area contributed by atoms with Crippen molar-refractivity contribution in [3.63, 3.8) is 0 Å². The van der Waals surface area contributed by atoms with Crippen LogP contribution in [0.25, 0.3) is 0 Å². The molecule has 330 valence electrons. The Morgan fingerprint density at radius 2 is 0.931 bits per heavy atom. The second-order valence-electron chi connectivity index (χ2n) is 15.4. The number of carbonyl (C=O) groups is 2. The van der Waals surface area contributed by atoms with Gasteiger partial charge in [0.2, 0.25) is 0 Å². The number of esters is 2. The van der Waals surface area contributed by atoms with E-state index >= 15 is 0 Å². The van der Waals surface area contributed by atoms with E-state index in [1.54, 1.807) is 0 Å². The highest BCUT2D eigenvalue weighted by molar-refractivity contribution is 7.47. The van der Waals surface area contributed by atoms with Crippen molar-refractivity contribution >= 4 is 19.8 Å². The minimum Gasteiger partial charge on any atom is -0.462 e. The van der Waals surface area contributed by atoms with Crippen molar-refractivity contribution in [1.29, 1.82) is 0 Å². The molecule has 0 saturated carbocycles. The van der Waals surface area contributed by atoms with Gasteiger partial charge in [0.15, 0.2) is 6.10 Å². The summed E-state index contributed by atoms with van der Waals surface area (Å²) in [5, 5.41) is 0. The van der Waals surface area contributed by atoms with Crippen molar-refractivity contribution in [2.75, 3.05) is 47.5 Å². The smallest absolute Gasteiger partial charge is 0.462 e. The van der Waals surface area contributed by atoms with Gasteiger partial charge < -0.3 is 18.9 Å². The SMILES string of the molecule is CCCCCC/C=C\C/C=C\C/C=C\C/C=C\CCC(=O)OCC(COP(=O)(O)OCC[N+](C)(C)C)OC(=O)CC/C=C\C/C=C\C/C=C\C/C=C\CCCCCC. The van der Waals surface area contributed by atoms with E-state index in [1.165, 1.54) is 57.8 Å². The molecule has 10 heteroatoms. The Hall–Kier alpha value is -3.07. The fourth-order valence-corrected chi connectivity index (χ4v) is 5.88. The number of phosphoric acid groups is 1. The summed E-state index contributed by atoms with van der Waals surface area (Å²) in [4.78, 5) is 35.3. The van der Waals surface area contributed by atoms with Gasteiger partial charge in [0.25, 0.3) is 0 Å². The average molecular weight is 831 g/mol. The fraction of sp³-hybridized carbons (Fsp3) is 0.625. The van der Waals surface area contributed by atoms with Gasteiger partial charge >= 0.3 is 19.8 Å². The summed E-state index contributed by atoms with van der Waals surface area (Å²) in [6.45, 7) is 4.19. The van der Waals surface area contributed by atoms with Crippen LogP contribution in [0.5, 0.6) is 0 Å². The van der Waals surface area contributed by atoms with Crippen molar-refractivity contribution in [3.05, 3.63) is 97.2 Å². The second kappa shape index (κ2) is 39.4. The third-order valence-corrected chi connectivity index (χ3v) is 9.60. The van der Waals surface area contributed by atoms with Gasteiger partial charge in [-0.25, -0.2) is 4.57 Å². The van der Waals surface area contributed by atoms with Crippen LogP contribution >= 0.6 is 7.82 Å². The zero-order valence-electron chi connectivity index (χ0n) is 37.0. The summed E-state index contributed by atoms with van der Waals surface area (Å²) in [7, 11) is 1.38. The monoisotopic (exact) mass is 831 g/mol. The zero-order valence-corrected chi connectivity index (χ0v) is 37.9. The van der Waals surface area contributed by atoms with Gasteiger partial charge in [-0.2, -0.15) is 0 Å².